The minimum absolute atomic E-state index is 0.385. The van der Waals surface area contributed by atoms with Gasteiger partial charge in [-0.3, -0.25) is 0 Å². The lowest BCUT2D eigenvalue weighted by Gasteiger charge is -2.39. The van der Waals surface area contributed by atoms with Gasteiger partial charge in [0.2, 0.25) is 0 Å². The fourth-order valence-electron chi connectivity index (χ4n) is 4.39. The summed E-state index contributed by atoms with van der Waals surface area (Å²) in [6.45, 7) is 1.66. The number of benzene rings is 3. The molecule has 0 saturated heterocycles. The summed E-state index contributed by atoms with van der Waals surface area (Å²) in [6.07, 6.45) is 5.50. The van der Waals surface area contributed by atoms with Crippen molar-refractivity contribution in [2.24, 2.45) is 0 Å². The number of hydrogen-bond acceptors (Lipinski definition) is 2. The van der Waals surface area contributed by atoms with Gasteiger partial charge in [-0.1, -0.05) is 60.7 Å². The van der Waals surface area contributed by atoms with E-state index < -0.39 is 0 Å². The summed E-state index contributed by atoms with van der Waals surface area (Å²) in [7, 11) is 0. The first-order valence-corrected chi connectivity index (χ1v) is 10.5. The Morgan fingerprint density at radius 2 is 1.69 bits per heavy atom. The number of nitrogens with zero attached hydrogens (tertiary/aromatic N) is 1. The molecule has 3 nitrogen and oxygen atoms in total. The zero-order valence-corrected chi connectivity index (χ0v) is 16.6. The number of aromatic nitrogens is 1. The average molecular weight is 383 g/mol. The molecule has 5 rings (SSSR count). The zero-order chi connectivity index (χ0) is 19.5. The highest BCUT2D eigenvalue weighted by atomic mass is 16.5. The quantitative estimate of drug-likeness (QED) is 0.446. The average Bonchev–Trinajstić information content (AvgIpc) is 3.19. The van der Waals surface area contributed by atoms with Gasteiger partial charge in [0.25, 0.3) is 0 Å². The van der Waals surface area contributed by atoms with Crippen molar-refractivity contribution in [3.8, 4) is 5.75 Å². The van der Waals surface area contributed by atoms with E-state index in [4.69, 9.17) is 4.74 Å². The van der Waals surface area contributed by atoms with Gasteiger partial charge in [0, 0.05) is 23.6 Å². The molecule has 3 aromatic carbocycles. The fraction of sp³-hybridized carbons (Fsp3) is 0.231. The maximum Gasteiger partial charge on any atom is 0.142 e. The minimum atomic E-state index is 0.385. The predicted octanol–water partition coefficient (Wildman–Crippen LogP) is 5.96. The van der Waals surface area contributed by atoms with E-state index in [1.807, 2.05) is 0 Å². The molecule has 2 heterocycles. The van der Waals surface area contributed by atoms with E-state index in [-0.39, 0.29) is 0 Å². The van der Waals surface area contributed by atoms with E-state index in [0.717, 1.165) is 38.2 Å². The van der Waals surface area contributed by atoms with Crippen LogP contribution in [0.3, 0.4) is 0 Å². The molecule has 1 aliphatic rings. The molecule has 1 aromatic heterocycles. The maximum absolute atomic E-state index is 6.11. The number of aromatic amines is 1. The third-order valence-corrected chi connectivity index (χ3v) is 5.90. The summed E-state index contributed by atoms with van der Waals surface area (Å²) in [6, 6.07) is 28.1. The van der Waals surface area contributed by atoms with Crippen LogP contribution in [0.5, 0.6) is 5.75 Å². The highest BCUT2D eigenvalue weighted by Gasteiger charge is 2.27. The highest BCUT2D eigenvalue weighted by molar-refractivity contribution is 5.83. The lowest BCUT2D eigenvalue weighted by atomic mass is 10.0. The molecule has 0 fully saturated rings. The van der Waals surface area contributed by atoms with Crippen LogP contribution in [0, 0.1) is 0 Å². The van der Waals surface area contributed by atoms with Crippen LogP contribution in [-0.4, -0.2) is 17.6 Å². The van der Waals surface area contributed by atoms with Crippen LogP contribution in [-0.2, 0) is 13.0 Å². The number of H-pyrrole nitrogens is 1. The molecule has 0 bridgehead atoms. The molecule has 3 heteroatoms. The molecule has 1 unspecified atom stereocenters. The monoisotopic (exact) mass is 382 g/mol. The van der Waals surface area contributed by atoms with Gasteiger partial charge >= 0.3 is 0 Å². The van der Waals surface area contributed by atoms with Crippen LogP contribution in [0.1, 0.15) is 24.0 Å². The summed E-state index contributed by atoms with van der Waals surface area (Å²) in [5.74, 6) is 0.997. The van der Waals surface area contributed by atoms with Crippen molar-refractivity contribution in [1.29, 1.82) is 0 Å². The predicted molar refractivity (Wildman–Crippen MR) is 120 cm³/mol. The van der Waals surface area contributed by atoms with E-state index in [1.54, 1.807) is 0 Å². The molecule has 1 atom stereocenters. The smallest absolute Gasteiger partial charge is 0.142 e. The van der Waals surface area contributed by atoms with Crippen molar-refractivity contribution in [2.45, 2.75) is 31.8 Å². The lowest BCUT2D eigenvalue weighted by molar-refractivity contribution is 0.252. The van der Waals surface area contributed by atoms with Gasteiger partial charge in [-0.05, 0) is 48.6 Å². The molecule has 146 valence electrons. The number of aryl methyl sites for hydroxylation is 1. The molecular weight excluding hydrogens is 356 g/mol. The van der Waals surface area contributed by atoms with Crippen molar-refractivity contribution >= 4 is 16.6 Å². The van der Waals surface area contributed by atoms with Gasteiger partial charge in [-0.15, -0.1) is 0 Å². The fourth-order valence-corrected chi connectivity index (χ4v) is 4.39. The maximum atomic E-state index is 6.11. The summed E-state index contributed by atoms with van der Waals surface area (Å²) in [5.41, 5.74) is 5.18. The molecule has 0 amide bonds. The van der Waals surface area contributed by atoms with Gasteiger partial charge in [0.15, 0.2) is 0 Å². The zero-order valence-electron chi connectivity index (χ0n) is 16.6. The highest BCUT2D eigenvalue weighted by Crippen LogP contribution is 2.36. The topological polar surface area (TPSA) is 28.3 Å². The molecule has 0 spiro atoms. The Morgan fingerprint density at radius 3 is 2.62 bits per heavy atom. The van der Waals surface area contributed by atoms with Crippen LogP contribution in [0.25, 0.3) is 10.9 Å². The normalized spacial score (nSPS) is 15.9. The Balaban J connectivity index is 1.32. The molecule has 4 aromatic rings. The van der Waals surface area contributed by atoms with E-state index >= 15 is 0 Å². The van der Waals surface area contributed by atoms with E-state index in [9.17, 15) is 0 Å². The second-order valence-electron chi connectivity index (χ2n) is 7.80. The van der Waals surface area contributed by atoms with Crippen LogP contribution in [0.2, 0.25) is 0 Å². The molecular formula is C26H26N2O. The SMILES string of the molecule is c1ccc(CN2c3ccccc3OCC2CCCc2c[nH]c3ccccc23)cc1. The lowest BCUT2D eigenvalue weighted by Crippen LogP contribution is -2.42. The molecule has 29 heavy (non-hydrogen) atoms. The molecule has 0 saturated carbocycles. The van der Waals surface area contributed by atoms with Crippen LogP contribution in [0.15, 0.2) is 85.1 Å². The molecule has 1 aliphatic heterocycles. The van der Waals surface area contributed by atoms with E-state index in [0.29, 0.717) is 6.04 Å². The first kappa shape index (κ1) is 17.9. The van der Waals surface area contributed by atoms with Gasteiger partial charge in [0.05, 0.1) is 11.7 Å². The van der Waals surface area contributed by atoms with Gasteiger partial charge < -0.3 is 14.6 Å². The molecule has 1 N–H and O–H groups in total. The summed E-state index contributed by atoms with van der Waals surface area (Å²) < 4.78 is 6.11. The largest absolute Gasteiger partial charge is 0.489 e. The second kappa shape index (κ2) is 8.04. The Bertz CT molecular complexity index is 1090. The number of hydrogen-bond donors (Lipinski definition) is 1. The van der Waals surface area contributed by atoms with Crippen LogP contribution in [0.4, 0.5) is 5.69 Å². The van der Waals surface area contributed by atoms with Crippen molar-refractivity contribution in [1.82, 2.24) is 4.98 Å². The number of anilines is 1. The summed E-state index contributed by atoms with van der Waals surface area (Å²) in [5, 5.41) is 1.35. The number of nitrogens with one attached hydrogen (secondary N) is 1. The second-order valence-corrected chi connectivity index (χ2v) is 7.80. The van der Waals surface area contributed by atoms with Gasteiger partial charge in [-0.25, -0.2) is 0 Å². The number of para-hydroxylation sites is 3. The van der Waals surface area contributed by atoms with Crippen molar-refractivity contribution in [2.75, 3.05) is 11.5 Å². The van der Waals surface area contributed by atoms with Crippen molar-refractivity contribution in [3.05, 3.63) is 96.2 Å². The van der Waals surface area contributed by atoms with Gasteiger partial charge in [-0.2, -0.15) is 0 Å². The minimum Gasteiger partial charge on any atom is -0.489 e. The summed E-state index contributed by atoms with van der Waals surface area (Å²) >= 11 is 0. The third kappa shape index (κ3) is 3.73. The Morgan fingerprint density at radius 1 is 0.897 bits per heavy atom. The molecule has 0 aliphatic carbocycles. The first-order valence-electron chi connectivity index (χ1n) is 10.5. The summed E-state index contributed by atoms with van der Waals surface area (Å²) in [4.78, 5) is 5.93. The number of rotatable bonds is 6. The van der Waals surface area contributed by atoms with Crippen LogP contribution < -0.4 is 9.64 Å². The number of fused-ring (bicyclic) bond motifs is 2. The third-order valence-electron chi connectivity index (χ3n) is 5.90. The van der Waals surface area contributed by atoms with Crippen molar-refractivity contribution in [3.63, 3.8) is 0 Å². The van der Waals surface area contributed by atoms with Crippen LogP contribution >= 0.6 is 0 Å². The Labute approximate surface area is 171 Å². The standard InChI is InChI=1S/C26H26N2O/c1-2-9-20(10-3-1)18-28-22(19-29-26-16-7-6-15-25(26)28)12-8-11-21-17-27-24-14-5-4-13-23(21)24/h1-7,9-10,13-17,22,27H,8,11-12,18-19H2. The number of ether oxygens (including phenoxy) is 1. The Kier molecular flexibility index (Phi) is 4.95. The first-order chi connectivity index (χ1) is 14.4. The molecule has 0 radical (unpaired) electrons. The van der Waals surface area contributed by atoms with Gasteiger partial charge in [0.1, 0.15) is 12.4 Å². The van der Waals surface area contributed by atoms with Crippen molar-refractivity contribution < 1.29 is 4.74 Å². The Hall–Kier alpha value is -3.20. The van der Waals surface area contributed by atoms with E-state index in [2.05, 4.69) is 94.9 Å². The van der Waals surface area contributed by atoms with E-state index in [1.165, 1.54) is 27.7 Å².